The van der Waals surface area contributed by atoms with Gasteiger partial charge in [0, 0.05) is 81.1 Å². The highest BCUT2D eigenvalue weighted by Crippen LogP contribution is 2.37. The second-order valence-electron chi connectivity index (χ2n) is 17.4. The molecule has 4 aromatic carbocycles. The Balaban J connectivity index is 0.649. The fourth-order valence-electron chi connectivity index (χ4n) is 9.72. The Labute approximate surface area is 391 Å². The van der Waals surface area contributed by atoms with Gasteiger partial charge >= 0.3 is 5.82 Å². The molecule has 1 atom stereocenters. The molecule has 0 radical (unpaired) electrons. The van der Waals surface area contributed by atoms with E-state index in [1.54, 1.807) is 24.3 Å². The molecule has 5 aliphatic rings. The Kier molecular flexibility index (Phi) is 12.7. The van der Waals surface area contributed by atoms with Crippen LogP contribution in [0.4, 0.5) is 11.6 Å². The number of anilines is 1. The summed E-state index contributed by atoms with van der Waals surface area (Å²) >= 11 is 0. The van der Waals surface area contributed by atoms with Crippen molar-refractivity contribution in [3.8, 4) is 17.2 Å². The van der Waals surface area contributed by atoms with Crippen LogP contribution in [-0.4, -0.2) is 141 Å². The van der Waals surface area contributed by atoms with Crippen molar-refractivity contribution in [2.45, 2.75) is 50.6 Å². The number of ether oxygens (including phenoxy) is 3. The molecule has 4 aliphatic heterocycles. The van der Waals surface area contributed by atoms with Gasteiger partial charge in [-0.2, -0.15) is 4.98 Å². The molecule has 0 spiro atoms. The number of nitrogens with two attached hydrogens (primary N) is 1. The van der Waals surface area contributed by atoms with Crippen molar-refractivity contribution in [2.75, 3.05) is 64.8 Å². The molecule has 4 N–H and O–H groups in total. The minimum absolute atomic E-state index is 0.0159. The Morgan fingerprint density at radius 2 is 1.57 bits per heavy atom. The van der Waals surface area contributed by atoms with E-state index in [1.165, 1.54) is 18.1 Å². The summed E-state index contributed by atoms with van der Waals surface area (Å²) < 4.78 is 19.7. The predicted octanol–water partition coefficient (Wildman–Crippen LogP) is 4.03. The lowest BCUT2D eigenvalue weighted by molar-refractivity contribution is -0.448. The van der Waals surface area contributed by atoms with Crippen LogP contribution in [0.3, 0.4) is 0 Å². The van der Waals surface area contributed by atoms with Crippen molar-refractivity contribution in [3.63, 3.8) is 0 Å². The van der Waals surface area contributed by atoms with Gasteiger partial charge in [0.25, 0.3) is 17.7 Å². The van der Waals surface area contributed by atoms with Crippen molar-refractivity contribution in [2.24, 2.45) is 5.10 Å². The van der Waals surface area contributed by atoms with E-state index in [0.717, 1.165) is 97.5 Å². The highest BCUT2D eigenvalue weighted by atomic mass is 16.5. The predicted molar refractivity (Wildman–Crippen MR) is 250 cm³/mol. The number of hydrogen-bond donors (Lipinski definition) is 3. The molecule has 10 rings (SSSR count). The quantitative estimate of drug-likeness (QED) is 0.0817. The maximum atomic E-state index is 13.7. The second kappa shape index (κ2) is 19.4. The molecule has 5 heterocycles. The van der Waals surface area contributed by atoms with E-state index >= 15 is 0 Å². The number of para-hydroxylation sites is 1. The average molecular weight is 920 g/mol. The van der Waals surface area contributed by atoms with Gasteiger partial charge in [0.15, 0.2) is 6.61 Å². The van der Waals surface area contributed by atoms with E-state index in [9.17, 15) is 24.0 Å². The van der Waals surface area contributed by atoms with Crippen molar-refractivity contribution in [3.05, 3.63) is 114 Å². The summed E-state index contributed by atoms with van der Waals surface area (Å²) in [6, 6.07) is 25.1. The van der Waals surface area contributed by atoms with Crippen LogP contribution in [-0.2, 0) is 19.1 Å². The number of nitrogens with one attached hydrogen (secondary N) is 2. The largest absolute Gasteiger partial charge is 0.484 e. The van der Waals surface area contributed by atoms with Crippen LogP contribution < -0.4 is 25.8 Å². The van der Waals surface area contributed by atoms with E-state index in [1.807, 2.05) is 59.3 Å². The SMILES string of the molecule is Nc1ncnc2c1C(c1ccc(Oc3ccccc3)cc1)=N[N+]2=C1CCC(N2CCN(CCOCCNC(=O)COc3cc4c5c(cccc5c3)C(=O)N(C3CCC(=O)NC3=O)C4=O)CC2)CC1. The molecule has 3 fully saturated rings. The summed E-state index contributed by atoms with van der Waals surface area (Å²) in [6.45, 7) is 5.58. The highest BCUT2D eigenvalue weighted by molar-refractivity contribution is 6.27. The summed E-state index contributed by atoms with van der Waals surface area (Å²) in [5.74, 6) is 0.141. The van der Waals surface area contributed by atoms with Gasteiger partial charge in [-0.3, -0.25) is 44.0 Å². The zero-order valence-electron chi connectivity index (χ0n) is 37.4. The summed E-state index contributed by atoms with van der Waals surface area (Å²) in [5.41, 5.74) is 10.5. The molecule has 18 heteroatoms. The molecule has 1 saturated carbocycles. The smallest absolute Gasteiger partial charge is 0.363 e. The summed E-state index contributed by atoms with van der Waals surface area (Å²) in [5, 5.41) is 11.1. The topological polar surface area (TPSA) is 214 Å². The van der Waals surface area contributed by atoms with Crippen LogP contribution in [0.5, 0.6) is 17.2 Å². The number of hydrogen-bond acceptors (Lipinski definition) is 14. The second-order valence-corrected chi connectivity index (χ2v) is 17.4. The lowest BCUT2D eigenvalue weighted by Crippen LogP contribution is -2.57. The van der Waals surface area contributed by atoms with Gasteiger partial charge < -0.3 is 25.3 Å². The first kappa shape index (κ1) is 44.4. The molecular weight excluding hydrogens is 869 g/mol. The van der Waals surface area contributed by atoms with Crippen LogP contribution >= 0.6 is 0 Å². The normalized spacial score (nSPS) is 19.8. The minimum Gasteiger partial charge on any atom is -0.484 e. The number of nitrogen functional groups attached to an aromatic ring is 1. The van der Waals surface area contributed by atoms with Gasteiger partial charge in [-0.25, -0.2) is 0 Å². The van der Waals surface area contributed by atoms with Gasteiger partial charge in [-0.05, 0) is 84.2 Å². The Morgan fingerprint density at radius 1 is 0.809 bits per heavy atom. The first-order valence-corrected chi connectivity index (χ1v) is 23.1. The van der Waals surface area contributed by atoms with Crippen LogP contribution in [0, 0.1) is 0 Å². The molecule has 0 bridgehead atoms. The van der Waals surface area contributed by atoms with Gasteiger partial charge in [-0.1, -0.05) is 35.4 Å². The third-order valence-electron chi connectivity index (χ3n) is 13.2. The van der Waals surface area contributed by atoms with E-state index in [0.29, 0.717) is 42.4 Å². The molecule has 1 aliphatic carbocycles. The summed E-state index contributed by atoms with van der Waals surface area (Å²) in [4.78, 5) is 79.1. The van der Waals surface area contributed by atoms with E-state index in [4.69, 9.17) is 25.0 Å². The Bertz CT molecular complexity index is 2850. The first-order valence-electron chi connectivity index (χ1n) is 23.1. The zero-order valence-corrected chi connectivity index (χ0v) is 37.4. The Morgan fingerprint density at radius 3 is 2.35 bits per heavy atom. The number of amides is 5. The number of piperazine rings is 1. The van der Waals surface area contributed by atoms with Crippen molar-refractivity contribution < 1.29 is 42.9 Å². The maximum absolute atomic E-state index is 13.7. The van der Waals surface area contributed by atoms with Crippen molar-refractivity contribution in [1.29, 1.82) is 0 Å². The molecule has 18 nitrogen and oxygen atoms in total. The number of nitrogens with zero attached hydrogens (tertiary/aromatic N) is 7. The number of hydrazone groups is 1. The fourth-order valence-corrected chi connectivity index (χ4v) is 9.72. The lowest BCUT2D eigenvalue weighted by atomic mass is 9.91. The van der Waals surface area contributed by atoms with Gasteiger partial charge in [-0.15, -0.1) is 4.68 Å². The maximum Gasteiger partial charge on any atom is 0.363 e. The summed E-state index contributed by atoms with van der Waals surface area (Å²) in [7, 11) is 0. The number of fused-ring (bicyclic) bond motifs is 1. The molecule has 2 saturated heterocycles. The standard InChI is InChI=1S/C50H50N10O8/c51-46-44-45(31-9-15-36(16-10-31)68-35-6-2-1-3-7-35)56-60(47(44)54-30-53-46)34-13-11-33(12-14-34)58-22-20-57(21-23-58)24-26-66-25-19-52-42(62)29-67-37-27-32-5-4-8-38-43(32)39(28-37)50(65)59(49(38)64)40-17-18-41(61)55-48(40)63/h1-10,15-16,27-28,30,33,40H,11-14,17-26,29H2,(H3-,51,52,53,54,55,56,61,62,63)/p+1. The van der Waals surface area contributed by atoms with Gasteiger partial charge in [0.1, 0.15) is 46.1 Å². The highest BCUT2D eigenvalue weighted by Gasteiger charge is 2.43. The monoisotopic (exact) mass is 919 g/mol. The minimum atomic E-state index is -1.11. The van der Waals surface area contributed by atoms with Crippen LogP contribution in [0.25, 0.3) is 10.8 Å². The molecule has 5 amide bonds. The Hall–Kier alpha value is -7.41. The number of imide groups is 2. The third kappa shape index (κ3) is 9.17. The molecule has 5 aromatic rings. The number of benzene rings is 4. The van der Waals surface area contributed by atoms with Crippen LogP contribution in [0.2, 0.25) is 0 Å². The lowest BCUT2D eigenvalue weighted by Gasteiger charge is -2.40. The van der Waals surface area contributed by atoms with Gasteiger partial charge in [0.2, 0.25) is 18.1 Å². The van der Waals surface area contributed by atoms with Gasteiger partial charge in [0.05, 0.1) is 18.8 Å². The fraction of sp³-hybridized carbons (Fsp3) is 0.340. The molecule has 1 unspecified atom stereocenters. The zero-order chi connectivity index (χ0) is 46.7. The number of aromatic nitrogens is 2. The first-order chi connectivity index (χ1) is 33.2. The summed E-state index contributed by atoms with van der Waals surface area (Å²) in [6.07, 6.45) is 5.46. The van der Waals surface area contributed by atoms with E-state index in [-0.39, 0.29) is 42.2 Å². The molecule has 1 aromatic heterocycles. The molecular formula is C50H51N10O8+. The van der Waals surface area contributed by atoms with E-state index < -0.39 is 29.7 Å². The van der Waals surface area contributed by atoms with E-state index in [2.05, 4.69) is 30.4 Å². The van der Waals surface area contributed by atoms with Crippen molar-refractivity contribution in [1.82, 2.24) is 35.3 Å². The third-order valence-corrected chi connectivity index (χ3v) is 13.2. The number of carbonyl (C=O) groups is 5. The van der Waals surface area contributed by atoms with Crippen LogP contribution in [0.1, 0.15) is 70.4 Å². The number of rotatable bonds is 14. The molecule has 68 heavy (non-hydrogen) atoms. The molecule has 348 valence electrons. The number of piperidine rings is 1. The van der Waals surface area contributed by atoms with Crippen molar-refractivity contribution >= 4 is 63.4 Å². The van der Waals surface area contributed by atoms with Crippen LogP contribution in [0.15, 0.2) is 96.4 Å². The average Bonchev–Trinajstić information content (AvgIpc) is 3.76. The number of carbonyl (C=O) groups excluding carboxylic acids is 5.